The van der Waals surface area contributed by atoms with Gasteiger partial charge in [0.05, 0.1) is 17.7 Å². The molecule has 1 amide bonds. The Kier molecular flexibility index (Phi) is 6.42. The first-order valence-electron chi connectivity index (χ1n) is 9.35. The fraction of sp³-hybridized carbons (Fsp3) is 0.174. The van der Waals surface area contributed by atoms with Crippen LogP contribution in [0.25, 0.3) is 0 Å². The monoisotopic (exact) mass is 424 g/mol. The van der Waals surface area contributed by atoms with Crippen molar-refractivity contribution in [2.75, 3.05) is 25.5 Å². The summed E-state index contributed by atoms with van der Waals surface area (Å²) in [5.74, 6) is 0.390. The maximum absolute atomic E-state index is 13.0. The number of anilines is 1. The Morgan fingerprint density at radius 1 is 0.900 bits per heavy atom. The van der Waals surface area contributed by atoms with Gasteiger partial charge < -0.3 is 9.64 Å². The summed E-state index contributed by atoms with van der Waals surface area (Å²) in [7, 11) is 0.937. The molecule has 156 valence electrons. The third-order valence-electron chi connectivity index (χ3n) is 4.78. The summed E-state index contributed by atoms with van der Waals surface area (Å²) in [5.41, 5.74) is 1.84. The second-order valence-corrected chi connectivity index (χ2v) is 8.81. The minimum Gasteiger partial charge on any atom is -0.497 e. The molecule has 3 rings (SSSR count). The van der Waals surface area contributed by atoms with E-state index in [0.717, 1.165) is 5.56 Å². The summed E-state index contributed by atoms with van der Waals surface area (Å²) in [4.78, 5) is 14.6. The molecule has 0 aliphatic carbocycles. The number of carbonyl (C=O) groups excluding carboxylic acids is 1. The topological polar surface area (TPSA) is 66.9 Å². The van der Waals surface area contributed by atoms with Crippen molar-refractivity contribution in [2.45, 2.75) is 11.4 Å². The predicted molar refractivity (Wildman–Crippen MR) is 117 cm³/mol. The molecule has 0 aliphatic heterocycles. The van der Waals surface area contributed by atoms with Gasteiger partial charge in [0.25, 0.3) is 15.9 Å². The van der Waals surface area contributed by atoms with E-state index >= 15 is 0 Å². The summed E-state index contributed by atoms with van der Waals surface area (Å²) < 4.78 is 32.2. The molecule has 3 aromatic rings. The lowest BCUT2D eigenvalue weighted by Gasteiger charge is -2.22. The van der Waals surface area contributed by atoms with Crippen LogP contribution in [0.3, 0.4) is 0 Å². The summed E-state index contributed by atoms with van der Waals surface area (Å²) in [6, 6.07) is 22.5. The van der Waals surface area contributed by atoms with Crippen LogP contribution in [0.2, 0.25) is 0 Å². The minimum atomic E-state index is -3.78. The third-order valence-corrected chi connectivity index (χ3v) is 6.58. The highest BCUT2D eigenvalue weighted by Gasteiger charge is 2.22. The molecule has 30 heavy (non-hydrogen) atoms. The predicted octanol–water partition coefficient (Wildman–Crippen LogP) is 3.79. The molecule has 0 bridgehead atoms. The summed E-state index contributed by atoms with van der Waals surface area (Å²) in [5, 5.41) is 0. The first-order valence-corrected chi connectivity index (χ1v) is 10.8. The van der Waals surface area contributed by atoms with Gasteiger partial charge in [-0.05, 0) is 48.0 Å². The molecule has 0 saturated carbocycles. The van der Waals surface area contributed by atoms with Crippen molar-refractivity contribution in [3.63, 3.8) is 0 Å². The second kappa shape index (κ2) is 9.00. The maximum Gasteiger partial charge on any atom is 0.264 e. The van der Waals surface area contributed by atoms with Gasteiger partial charge >= 0.3 is 0 Å². The number of rotatable bonds is 7. The fourth-order valence-corrected chi connectivity index (χ4v) is 4.22. The van der Waals surface area contributed by atoms with Crippen molar-refractivity contribution in [1.82, 2.24) is 4.90 Å². The number of hydrogen-bond donors (Lipinski definition) is 0. The second-order valence-electron chi connectivity index (χ2n) is 6.85. The zero-order valence-electron chi connectivity index (χ0n) is 17.1. The van der Waals surface area contributed by atoms with E-state index in [9.17, 15) is 13.2 Å². The van der Waals surface area contributed by atoms with Gasteiger partial charge in [-0.2, -0.15) is 0 Å². The van der Waals surface area contributed by atoms with E-state index in [2.05, 4.69) is 0 Å². The Morgan fingerprint density at radius 3 is 2.20 bits per heavy atom. The SMILES string of the molecule is COc1ccc(S(=O)(=O)N(C)c2cccc(C(=O)N(C)Cc3ccccc3)c2)cc1. The van der Waals surface area contributed by atoms with Crippen LogP contribution in [-0.2, 0) is 16.6 Å². The molecule has 0 atom stereocenters. The molecule has 0 radical (unpaired) electrons. The molecule has 0 aromatic heterocycles. The van der Waals surface area contributed by atoms with E-state index in [4.69, 9.17) is 4.74 Å². The van der Waals surface area contributed by atoms with Crippen LogP contribution >= 0.6 is 0 Å². The molecule has 0 spiro atoms. The summed E-state index contributed by atoms with van der Waals surface area (Å²) in [6.45, 7) is 0.462. The quantitative estimate of drug-likeness (QED) is 0.579. The van der Waals surface area contributed by atoms with Gasteiger partial charge in [-0.3, -0.25) is 9.10 Å². The number of ether oxygens (including phenoxy) is 1. The van der Waals surface area contributed by atoms with E-state index in [1.807, 2.05) is 30.3 Å². The molecular formula is C23H24N2O4S. The zero-order valence-corrected chi connectivity index (χ0v) is 18.0. The Labute approximate surface area is 177 Å². The van der Waals surface area contributed by atoms with Gasteiger partial charge in [-0.1, -0.05) is 36.4 Å². The average Bonchev–Trinajstić information content (AvgIpc) is 2.78. The number of benzene rings is 3. The normalized spacial score (nSPS) is 11.0. The first kappa shape index (κ1) is 21.4. The van der Waals surface area contributed by atoms with Crippen LogP contribution < -0.4 is 9.04 Å². The zero-order chi connectivity index (χ0) is 21.7. The van der Waals surface area contributed by atoms with Crippen molar-refractivity contribution < 1.29 is 17.9 Å². The van der Waals surface area contributed by atoms with Crippen molar-refractivity contribution in [3.8, 4) is 5.75 Å². The lowest BCUT2D eigenvalue weighted by molar-refractivity contribution is 0.0785. The highest BCUT2D eigenvalue weighted by atomic mass is 32.2. The van der Waals surface area contributed by atoms with Crippen molar-refractivity contribution in [1.29, 1.82) is 0 Å². The van der Waals surface area contributed by atoms with Crippen molar-refractivity contribution in [3.05, 3.63) is 90.0 Å². The fourth-order valence-electron chi connectivity index (χ4n) is 3.03. The molecule has 0 heterocycles. The van der Waals surface area contributed by atoms with Crippen LogP contribution in [-0.4, -0.2) is 40.4 Å². The minimum absolute atomic E-state index is 0.142. The number of nitrogens with zero attached hydrogens (tertiary/aromatic N) is 2. The van der Waals surface area contributed by atoms with Gasteiger partial charge in [0.2, 0.25) is 0 Å². The summed E-state index contributed by atoms with van der Waals surface area (Å²) >= 11 is 0. The number of hydrogen-bond acceptors (Lipinski definition) is 4. The smallest absolute Gasteiger partial charge is 0.264 e. The van der Waals surface area contributed by atoms with E-state index in [0.29, 0.717) is 23.5 Å². The van der Waals surface area contributed by atoms with Crippen molar-refractivity contribution in [2.24, 2.45) is 0 Å². The van der Waals surface area contributed by atoms with Crippen molar-refractivity contribution >= 4 is 21.6 Å². The van der Waals surface area contributed by atoms with E-state index in [1.165, 1.54) is 30.6 Å². The van der Waals surface area contributed by atoms with Gasteiger partial charge in [0, 0.05) is 26.2 Å². The Hall–Kier alpha value is -3.32. The molecule has 0 N–H and O–H groups in total. The lowest BCUT2D eigenvalue weighted by atomic mass is 10.1. The van der Waals surface area contributed by atoms with Gasteiger partial charge in [0.1, 0.15) is 5.75 Å². The molecular weight excluding hydrogens is 400 g/mol. The average molecular weight is 425 g/mol. The molecule has 0 fully saturated rings. The summed E-state index contributed by atoms with van der Waals surface area (Å²) in [6.07, 6.45) is 0. The largest absolute Gasteiger partial charge is 0.497 e. The van der Waals surface area contributed by atoms with Crippen LogP contribution in [0.1, 0.15) is 15.9 Å². The first-order chi connectivity index (χ1) is 14.3. The van der Waals surface area contributed by atoms with Crippen LogP contribution in [0.15, 0.2) is 83.8 Å². The highest BCUT2D eigenvalue weighted by molar-refractivity contribution is 7.92. The molecule has 0 unspecified atom stereocenters. The number of methoxy groups -OCH3 is 1. The number of carbonyl (C=O) groups is 1. The molecule has 7 heteroatoms. The Balaban J connectivity index is 1.82. The standard InChI is InChI=1S/C23H24N2O4S/c1-24(17-18-8-5-4-6-9-18)23(26)19-10-7-11-20(16-19)25(2)30(27,28)22-14-12-21(29-3)13-15-22/h4-16H,17H2,1-3H3. The van der Waals surface area contributed by atoms with Gasteiger partial charge in [-0.15, -0.1) is 0 Å². The lowest BCUT2D eigenvalue weighted by Crippen LogP contribution is -2.28. The van der Waals surface area contributed by atoms with Gasteiger partial charge in [-0.25, -0.2) is 8.42 Å². The van der Waals surface area contributed by atoms with Crippen LogP contribution in [0, 0.1) is 0 Å². The third kappa shape index (κ3) is 4.63. The molecule has 6 nitrogen and oxygen atoms in total. The Bertz CT molecular complexity index is 1110. The van der Waals surface area contributed by atoms with E-state index in [-0.39, 0.29) is 10.8 Å². The van der Waals surface area contributed by atoms with E-state index < -0.39 is 10.0 Å². The number of sulfonamides is 1. The number of amides is 1. The Morgan fingerprint density at radius 2 is 1.57 bits per heavy atom. The van der Waals surface area contributed by atoms with Gasteiger partial charge in [0.15, 0.2) is 0 Å². The molecule has 0 saturated heterocycles. The maximum atomic E-state index is 13.0. The highest BCUT2D eigenvalue weighted by Crippen LogP contribution is 2.25. The molecule has 0 aliphatic rings. The molecule has 3 aromatic carbocycles. The van der Waals surface area contributed by atoms with E-state index in [1.54, 1.807) is 48.3 Å². The van der Waals surface area contributed by atoms with Crippen LogP contribution in [0.5, 0.6) is 5.75 Å². The van der Waals surface area contributed by atoms with Crippen LogP contribution in [0.4, 0.5) is 5.69 Å².